The molecule has 0 fully saturated rings. The number of hydrogen-bond acceptors (Lipinski definition) is 3. The van der Waals surface area contributed by atoms with Crippen LogP contribution < -0.4 is 4.90 Å². The number of hydrogen-bond donors (Lipinski definition) is 0. The van der Waals surface area contributed by atoms with Gasteiger partial charge in [0, 0.05) is 19.0 Å². The van der Waals surface area contributed by atoms with E-state index in [0.717, 1.165) is 17.0 Å². The topological polar surface area (TPSA) is 46.8 Å². The van der Waals surface area contributed by atoms with Gasteiger partial charge in [-0.3, -0.25) is 4.79 Å². The maximum absolute atomic E-state index is 12.4. The van der Waals surface area contributed by atoms with Crippen LogP contribution in [-0.4, -0.2) is 29.0 Å². The Balaban J connectivity index is 1.94. The molecule has 2 aromatic heterocycles. The number of benzene rings is 1. The molecule has 22 heavy (non-hydrogen) atoms. The molecular weight excluding hydrogens is 278 g/mol. The van der Waals surface area contributed by atoms with E-state index in [1.54, 1.807) is 11.1 Å². The van der Waals surface area contributed by atoms with Crippen molar-refractivity contribution in [3.63, 3.8) is 0 Å². The number of pyridine rings is 1. The zero-order valence-electron chi connectivity index (χ0n) is 12.3. The molecule has 5 nitrogen and oxygen atoms in total. The van der Waals surface area contributed by atoms with Crippen LogP contribution in [0.25, 0.3) is 5.65 Å². The number of para-hydroxylation sites is 1. The number of rotatable bonds is 5. The Kier molecular flexibility index (Phi) is 4.16. The lowest BCUT2D eigenvalue weighted by molar-refractivity contribution is -0.122. The van der Waals surface area contributed by atoms with E-state index < -0.39 is 0 Å². The average Bonchev–Trinajstić information content (AvgIpc) is 2.97. The van der Waals surface area contributed by atoms with E-state index in [0.29, 0.717) is 6.54 Å². The first-order chi connectivity index (χ1) is 10.8. The van der Waals surface area contributed by atoms with Crippen molar-refractivity contribution in [2.75, 3.05) is 18.6 Å². The zero-order chi connectivity index (χ0) is 15.4. The fraction of sp³-hybridized carbons (Fsp3) is 0.176. The number of anilines is 1. The second-order valence-electron chi connectivity index (χ2n) is 4.93. The van der Waals surface area contributed by atoms with E-state index in [1.807, 2.05) is 59.1 Å². The molecule has 3 aromatic rings. The van der Waals surface area contributed by atoms with Gasteiger partial charge in [0.25, 0.3) is 5.91 Å². The summed E-state index contributed by atoms with van der Waals surface area (Å²) in [5.41, 5.74) is 2.66. The van der Waals surface area contributed by atoms with Crippen molar-refractivity contribution in [2.45, 2.75) is 6.54 Å². The van der Waals surface area contributed by atoms with Crippen molar-refractivity contribution in [1.29, 1.82) is 0 Å². The predicted octanol–water partition coefficient (Wildman–Crippen LogP) is 2.51. The lowest BCUT2D eigenvalue weighted by Gasteiger charge is -2.22. The van der Waals surface area contributed by atoms with Crippen LogP contribution in [0.1, 0.15) is 5.69 Å². The van der Waals surface area contributed by atoms with Crippen LogP contribution in [0.4, 0.5) is 5.69 Å². The molecule has 112 valence electrons. The van der Waals surface area contributed by atoms with Gasteiger partial charge in [-0.2, -0.15) is 0 Å². The van der Waals surface area contributed by atoms with Crippen molar-refractivity contribution < 1.29 is 9.53 Å². The van der Waals surface area contributed by atoms with Crippen molar-refractivity contribution >= 4 is 17.2 Å². The van der Waals surface area contributed by atoms with Gasteiger partial charge in [0.1, 0.15) is 12.3 Å². The summed E-state index contributed by atoms with van der Waals surface area (Å²) in [4.78, 5) is 18.4. The van der Waals surface area contributed by atoms with Crippen LogP contribution in [0.15, 0.2) is 60.9 Å². The molecule has 0 bridgehead atoms. The van der Waals surface area contributed by atoms with Gasteiger partial charge in [0.15, 0.2) is 0 Å². The highest BCUT2D eigenvalue weighted by atomic mass is 16.5. The molecule has 0 N–H and O–H groups in total. The molecule has 0 spiro atoms. The lowest BCUT2D eigenvalue weighted by Crippen LogP contribution is -2.33. The van der Waals surface area contributed by atoms with E-state index in [2.05, 4.69) is 4.98 Å². The number of carbonyl (C=O) groups is 1. The standard InChI is InChI=1S/C17H17N3O2/c1-22-13-17(21)20(14-7-3-2-4-8-14)12-15-11-18-16-9-5-6-10-19(15)16/h2-11H,12-13H2,1H3. The minimum atomic E-state index is -0.0837. The average molecular weight is 295 g/mol. The minimum Gasteiger partial charge on any atom is -0.375 e. The van der Waals surface area contributed by atoms with E-state index in [1.165, 1.54) is 7.11 Å². The molecule has 1 aromatic carbocycles. The van der Waals surface area contributed by atoms with Gasteiger partial charge in [-0.25, -0.2) is 4.98 Å². The summed E-state index contributed by atoms with van der Waals surface area (Å²) < 4.78 is 6.98. The lowest BCUT2D eigenvalue weighted by atomic mass is 10.2. The fourth-order valence-corrected chi connectivity index (χ4v) is 2.40. The van der Waals surface area contributed by atoms with Crippen LogP contribution in [-0.2, 0) is 16.1 Å². The smallest absolute Gasteiger partial charge is 0.253 e. The number of amides is 1. The Hall–Kier alpha value is -2.66. The molecule has 0 atom stereocenters. The van der Waals surface area contributed by atoms with Gasteiger partial charge in [-0.1, -0.05) is 24.3 Å². The monoisotopic (exact) mass is 295 g/mol. The van der Waals surface area contributed by atoms with Crippen LogP contribution in [0, 0.1) is 0 Å². The summed E-state index contributed by atoms with van der Waals surface area (Å²) >= 11 is 0. The molecule has 0 saturated carbocycles. The molecule has 0 aliphatic rings. The number of imidazole rings is 1. The third-order valence-electron chi connectivity index (χ3n) is 3.45. The van der Waals surface area contributed by atoms with Crippen molar-refractivity contribution in [3.05, 3.63) is 66.6 Å². The summed E-state index contributed by atoms with van der Waals surface area (Å²) in [6, 6.07) is 15.4. The Morgan fingerprint density at radius 1 is 1.18 bits per heavy atom. The first kappa shape index (κ1) is 14.3. The second kappa shape index (κ2) is 6.41. The molecule has 3 rings (SSSR count). The minimum absolute atomic E-state index is 0.0473. The Labute approximate surface area is 128 Å². The number of nitrogens with zero attached hydrogens (tertiary/aromatic N) is 3. The maximum atomic E-state index is 12.4. The van der Waals surface area contributed by atoms with Gasteiger partial charge in [-0.05, 0) is 24.3 Å². The van der Waals surface area contributed by atoms with Crippen molar-refractivity contribution in [2.24, 2.45) is 0 Å². The summed E-state index contributed by atoms with van der Waals surface area (Å²) in [5.74, 6) is -0.0837. The number of aromatic nitrogens is 2. The molecule has 0 aliphatic heterocycles. The first-order valence-corrected chi connectivity index (χ1v) is 7.05. The SMILES string of the molecule is COCC(=O)N(Cc1cnc2ccccn12)c1ccccc1. The Morgan fingerprint density at radius 3 is 2.73 bits per heavy atom. The van der Waals surface area contributed by atoms with Gasteiger partial charge >= 0.3 is 0 Å². The molecule has 5 heteroatoms. The highest BCUT2D eigenvalue weighted by Gasteiger charge is 2.17. The van der Waals surface area contributed by atoms with Crippen LogP contribution >= 0.6 is 0 Å². The van der Waals surface area contributed by atoms with E-state index in [4.69, 9.17) is 4.74 Å². The zero-order valence-corrected chi connectivity index (χ0v) is 12.3. The van der Waals surface area contributed by atoms with E-state index in [-0.39, 0.29) is 12.5 Å². The molecular formula is C17H17N3O2. The quantitative estimate of drug-likeness (QED) is 0.726. The van der Waals surface area contributed by atoms with E-state index >= 15 is 0 Å². The van der Waals surface area contributed by atoms with Crippen LogP contribution in [0.3, 0.4) is 0 Å². The Bertz CT molecular complexity index is 768. The highest BCUT2D eigenvalue weighted by Crippen LogP contribution is 2.18. The van der Waals surface area contributed by atoms with Crippen molar-refractivity contribution in [3.8, 4) is 0 Å². The molecule has 1 amide bonds. The summed E-state index contributed by atoms with van der Waals surface area (Å²) in [5, 5.41) is 0. The Morgan fingerprint density at radius 2 is 1.95 bits per heavy atom. The normalized spacial score (nSPS) is 10.8. The number of fused-ring (bicyclic) bond motifs is 1. The fourth-order valence-electron chi connectivity index (χ4n) is 2.40. The summed E-state index contributed by atoms with van der Waals surface area (Å²) in [6.07, 6.45) is 3.74. The van der Waals surface area contributed by atoms with Gasteiger partial charge in [-0.15, -0.1) is 0 Å². The van der Waals surface area contributed by atoms with Gasteiger partial charge in [0.05, 0.1) is 18.4 Å². The number of carbonyl (C=O) groups excluding carboxylic acids is 1. The molecule has 0 aliphatic carbocycles. The van der Waals surface area contributed by atoms with Crippen LogP contribution in [0.2, 0.25) is 0 Å². The molecule has 0 unspecified atom stereocenters. The van der Waals surface area contributed by atoms with E-state index in [9.17, 15) is 4.79 Å². The molecule has 0 radical (unpaired) electrons. The first-order valence-electron chi connectivity index (χ1n) is 7.05. The predicted molar refractivity (Wildman–Crippen MR) is 84.7 cm³/mol. The third kappa shape index (κ3) is 2.84. The summed E-state index contributed by atoms with van der Waals surface area (Å²) in [7, 11) is 1.52. The molecule has 0 saturated heterocycles. The largest absolute Gasteiger partial charge is 0.375 e. The third-order valence-corrected chi connectivity index (χ3v) is 3.45. The van der Waals surface area contributed by atoms with Gasteiger partial charge < -0.3 is 14.0 Å². The maximum Gasteiger partial charge on any atom is 0.253 e. The highest BCUT2D eigenvalue weighted by molar-refractivity contribution is 5.94. The van der Waals surface area contributed by atoms with Crippen molar-refractivity contribution in [1.82, 2.24) is 9.38 Å². The second-order valence-corrected chi connectivity index (χ2v) is 4.93. The summed E-state index contributed by atoms with van der Waals surface area (Å²) in [6.45, 7) is 0.489. The number of ether oxygens (including phenoxy) is 1. The van der Waals surface area contributed by atoms with Crippen LogP contribution in [0.5, 0.6) is 0 Å². The number of methoxy groups -OCH3 is 1. The molecule has 2 heterocycles. The van der Waals surface area contributed by atoms with Gasteiger partial charge in [0.2, 0.25) is 0 Å².